The molecular weight excluding hydrogens is 179 g/mol. The van der Waals surface area contributed by atoms with E-state index in [-0.39, 0.29) is 11.9 Å². The maximum Gasteiger partial charge on any atom is 0.123 e. The summed E-state index contributed by atoms with van der Waals surface area (Å²) in [6.07, 6.45) is 0.988. The van der Waals surface area contributed by atoms with Crippen molar-refractivity contribution >= 4 is 0 Å². The van der Waals surface area contributed by atoms with Crippen LogP contribution in [-0.4, -0.2) is 19.1 Å². The van der Waals surface area contributed by atoms with Crippen LogP contribution >= 0.6 is 0 Å². The third kappa shape index (κ3) is 1.94. The largest absolute Gasteiger partial charge is 0.327 e. The van der Waals surface area contributed by atoms with Gasteiger partial charge in [-0.25, -0.2) is 4.39 Å². The lowest BCUT2D eigenvalue weighted by molar-refractivity contribution is 0.402. The van der Waals surface area contributed by atoms with Gasteiger partial charge in [0.2, 0.25) is 0 Å². The van der Waals surface area contributed by atoms with Crippen LogP contribution in [-0.2, 0) is 0 Å². The fourth-order valence-electron chi connectivity index (χ4n) is 1.95. The van der Waals surface area contributed by atoms with E-state index in [1.807, 2.05) is 12.1 Å². The Morgan fingerprint density at radius 3 is 2.64 bits per heavy atom. The predicted octanol–water partition coefficient (Wildman–Crippen LogP) is 1.23. The Bertz CT molecular complexity index is 297. The van der Waals surface area contributed by atoms with E-state index in [0.717, 1.165) is 25.1 Å². The molecule has 3 heteroatoms. The average Bonchev–Trinajstić information content (AvgIpc) is 2.20. The zero-order valence-electron chi connectivity index (χ0n) is 8.04. The molecule has 1 aliphatic heterocycles. The molecular formula is C11H15FN2. The van der Waals surface area contributed by atoms with Gasteiger partial charge in [0.05, 0.1) is 0 Å². The molecule has 1 heterocycles. The number of benzene rings is 1. The molecule has 0 bridgehead atoms. The highest BCUT2D eigenvalue weighted by atomic mass is 19.1. The van der Waals surface area contributed by atoms with Crippen LogP contribution in [0.25, 0.3) is 0 Å². The summed E-state index contributed by atoms with van der Waals surface area (Å²) in [5.74, 6) is 0.135. The summed E-state index contributed by atoms with van der Waals surface area (Å²) in [5.41, 5.74) is 7.15. The number of hydrogen-bond acceptors (Lipinski definition) is 2. The number of halogens is 1. The van der Waals surface area contributed by atoms with E-state index in [2.05, 4.69) is 5.32 Å². The highest BCUT2D eigenvalue weighted by Crippen LogP contribution is 2.22. The molecule has 1 fully saturated rings. The first kappa shape index (κ1) is 9.62. The smallest absolute Gasteiger partial charge is 0.123 e. The SMILES string of the molecule is N[C@H]1CCNC[C@@H]1c1ccc(F)cc1. The summed E-state index contributed by atoms with van der Waals surface area (Å²) in [7, 11) is 0. The summed E-state index contributed by atoms with van der Waals surface area (Å²) < 4.78 is 12.7. The van der Waals surface area contributed by atoms with Crippen molar-refractivity contribution < 1.29 is 4.39 Å². The highest BCUT2D eigenvalue weighted by Gasteiger charge is 2.22. The first-order chi connectivity index (χ1) is 6.77. The van der Waals surface area contributed by atoms with Crippen molar-refractivity contribution in [3.63, 3.8) is 0 Å². The van der Waals surface area contributed by atoms with E-state index in [0.29, 0.717) is 5.92 Å². The molecule has 1 aliphatic rings. The van der Waals surface area contributed by atoms with Gasteiger partial charge in [0.15, 0.2) is 0 Å². The molecule has 0 unspecified atom stereocenters. The van der Waals surface area contributed by atoms with Gasteiger partial charge in [0.25, 0.3) is 0 Å². The maximum absolute atomic E-state index is 12.7. The van der Waals surface area contributed by atoms with Crippen LogP contribution in [0, 0.1) is 5.82 Å². The lowest BCUT2D eigenvalue weighted by Crippen LogP contribution is -2.43. The van der Waals surface area contributed by atoms with Crippen LogP contribution < -0.4 is 11.1 Å². The zero-order chi connectivity index (χ0) is 9.97. The standard InChI is InChI=1S/C11H15FN2/c12-9-3-1-8(2-4-9)10-7-14-6-5-11(10)13/h1-4,10-11,14H,5-7,13H2/t10-,11+/m1/s1. The Morgan fingerprint density at radius 1 is 1.29 bits per heavy atom. The second kappa shape index (κ2) is 4.07. The number of rotatable bonds is 1. The predicted molar refractivity (Wildman–Crippen MR) is 54.6 cm³/mol. The summed E-state index contributed by atoms with van der Waals surface area (Å²) in [5, 5.41) is 3.30. The molecule has 76 valence electrons. The lowest BCUT2D eigenvalue weighted by atomic mass is 9.87. The van der Waals surface area contributed by atoms with Gasteiger partial charge in [-0.05, 0) is 30.7 Å². The van der Waals surface area contributed by atoms with Crippen molar-refractivity contribution in [1.82, 2.24) is 5.32 Å². The topological polar surface area (TPSA) is 38.0 Å². The van der Waals surface area contributed by atoms with Crippen LogP contribution in [0.5, 0.6) is 0 Å². The monoisotopic (exact) mass is 194 g/mol. The Balaban J connectivity index is 2.16. The van der Waals surface area contributed by atoms with Crippen molar-refractivity contribution in [3.05, 3.63) is 35.6 Å². The molecule has 1 aromatic rings. The van der Waals surface area contributed by atoms with Crippen molar-refractivity contribution in [2.24, 2.45) is 5.73 Å². The fraction of sp³-hybridized carbons (Fsp3) is 0.455. The molecule has 2 atom stereocenters. The van der Waals surface area contributed by atoms with Gasteiger partial charge < -0.3 is 11.1 Å². The molecule has 14 heavy (non-hydrogen) atoms. The minimum atomic E-state index is -0.189. The first-order valence-corrected chi connectivity index (χ1v) is 4.99. The molecule has 2 rings (SSSR count). The Hall–Kier alpha value is -0.930. The normalized spacial score (nSPS) is 27.6. The first-order valence-electron chi connectivity index (χ1n) is 4.99. The molecule has 0 aromatic heterocycles. The number of nitrogens with one attached hydrogen (secondary N) is 1. The average molecular weight is 194 g/mol. The summed E-state index contributed by atoms with van der Waals surface area (Å²) in [6, 6.07) is 6.84. The minimum absolute atomic E-state index is 0.189. The van der Waals surface area contributed by atoms with Gasteiger partial charge in [0.1, 0.15) is 5.82 Å². The van der Waals surface area contributed by atoms with Crippen LogP contribution in [0.2, 0.25) is 0 Å². The quantitative estimate of drug-likeness (QED) is 0.705. The van der Waals surface area contributed by atoms with Gasteiger partial charge >= 0.3 is 0 Å². The number of nitrogens with two attached hydrogens (primary N) is 1. The molecule has 3 N–H and O–H groups in total. The van der Waals surface area contributed by atoms with Crippen molar-refractivity contribution in [1.29, 1.82) is 0 Å². The van der Waals surface area contributed by atoms with Crippen LogP contribution in [0.4, 0.5) is 4.39 Å². The molecule has 0 aliphatic carbocycles. The summed E-state index contributed by atoms with van der Waals surface area (Å²) >= 11 is 0. The van der Waals surface area contributed by atoms with Gasteiger partial charge in [-0.15, -0.1) is 0 Å². The Labute approximate surface area is 83.3 Å². The highest BCUT2D eigenvalue weighted by molar-refractivity contribution is 5.23. The van der Waals surface area contributed by atoms with Crippen molar-refractivity contribution in [2.75, 3.05) is 13.1 Å². The van der Waals surface area contributed by atoms with Crippen LogP contribution in [0.1, 0.15) is 17.9 Å². The maximum atomic E-state index is 12.7. The van der Waals surface area contributed by atoms with Gasteiger partial charge in [-0.1, -0.05) is 12.1 Å². The third-order valence-electron chi connectivity index (χ3n) is 2.83. The van der Waals surface area contributed by atoms with E-state index in [9.17, 15) is 4.39 Å². The molecule has 1 aromatic carbocycles. The number of piperidine rings is 1. The lowest BCUT2D eigenvalue weighted by Gasteiger charge is -2.29. The summed E-state index contributed by atoms with van der Waals surface area (Å²) in [6.45, 7) is 1.88. The Morgan fingerprint density at radius 2 is 2.00 bits per heavy atom. The van der Waals surface area contributed by atoms with Crippen molar-refractivity contribution in [2.45, 2.75) is 18.4 Å². The number of hydrogen-bond donors (Lipinski definition) is 2. The van der Waals surface area contributed by atoms with Gasteiger partial charge in [0, 0.05) is 18.5 Å². The van der Waals surface area contributed by atoms with Gasteiger partial charge in [-0.2, -0.15) is 0 Å². The molecule has 0 radical (unpaired) electrons. The second-order valence-electron chi connectivity index (χ2n) is 3.81. The van der Waals surface area contributed by atoms with E-state index in [4.69, 9.17) is 5.73 Å². The zero-order valence-corrected chi connectivity index (χ0v) is 8.04. The molecule has 2 nitrogen and oxygen atoms in total. The molecule has 0 amide bonds. The molecule has 0 spiro atoms. The van der Waals surface area contributed by atoms with E-state index < -0.39 is 0 Å². The third-order valence-corrected chi connectivity index (χ3v) is 2.83. The second-order valence-corrected chi connectivity index (χ2v) is 3.81. The molecule has 1 saturated heterocycles. The minimum Gasteiger partial charge on any atom is -0.327 e. The van der Waals surface area contributed by atoms with Gasteiger partial charge in [-0.3, -0.25) is 0 Å². The molecule has 0 saturated carbocycles. The van der Waals surface area contributed by atoms with Crippen LogP contribution in [0.3, 0.4) is 0 Å². The summed E-state index contributed by atoms with van der Waals surface area (Å²) in [4.78, 5) is 0. The van der Waals surface area contributed by atoms with E-state index in [1.165, 1.54) is 12.1 Å². The Kier molecular flexibility index (Phi) is 2.79. The van der Waals surface area contributed by atoms with E-state index >= 15 is 0 Å². The fourth-order valence-corrected chi connectivity index (χ4v) is 1.95. The van der Waals surface area contributed by atoms with E-state index in [1.54, 1.807) is 0 Å². The van der Waals surface area contributed by atoms with Crippen molar-refractivity contribution in [3.8, 4) is 0 Å². The van der Waals surface area contributed by atoms with Crippen LogP contribution in [0.15, 0.2) is 24.3 Å².